The first-order valence-corrected chi connectivity index (χ1v) is 20.6. The van der Waals surface area contributed by atoms with Crippen molar-refractivity contribution in [2.45, 2.75) is 93.8 Å². The van der Waals surface area contributed by atoms with Crippen LogP contribution in [0.2, 0.25) is 10.0 Å². The number of amides is 2. The van der Waals surface area contributed by atoms with E-state index in [0.717, 1.165) is 46.9 Å². The predicted molar refractivity (Wildman–Crippen MR) is 228 cm³/mol. The molecular weight excluding hydrogens is 799 g/mol. The second-order valence-corrected chi connectivity index (χ2v) is 17.4. The molecule has 0 bridgehead atoms. The number of rotatable bonds is 14. The Morgan fingerprint density at radius 2 is 1.32 bits per heavy atom. The number of likely N-dealkylation sites (tertiary alicyclic amines) is 1. The van der Waals surface area contributed by atoms with Crippen molar-refractivity contribution in [1.82, 2.24) is 24.5 Å². The minimum absolute atomic E-state index is 0.0316. The van der Waals surface area contributed by atoms with Gasteiger partial charge in [-0.15, -0.1) is 0 Å². The molecule has 14 nitrogen and oxygen atoms in total. The Hall–Kier alpha value is -4.95. The van der Waals surface area contributed by atoms with E-state index in [1.165, 1.54) is 0 Å². The van der Waals surface area contributed by atoms with Crippen molar-refractivity contribution in [3.05, 3.63) is 86.8 Å². The van der Waals surface area contributed by atoms with Crippen molar-refractivity contribution in [2.24, 2.45) is 17.8 Å². The van der Waals surface area contributed by atoms with Gasteiger partial charge in [-0.2, -0.15) is 10.2 Å². The number of nitrogens with one attached hydrogen (secondary N) is 1. The lowest BCUT2D eigenvalue weighted by Gasteiger charge is -2.33. The summed E-state index contributed by atoms with van der Waals surface area (Å²) in [7, 11) is 0. The van der Waals surface area contributed by atoms with Crippen LogP contribution in [0.3, 0.4) is 0 Å². The molecule has 2 aromatic heterocycles. The molecule has 322 valence electrons. The second kappa shape index (κ2) is 21.3. The van der Waals surface area contributed by atoms with Gasteiger partial charge in [0.05, 0.1) is 32.9 Å². The van der Waals surface area contributed by atoms with Gasteiger partial charge in [-0.05, 0) is 108 Å². The van der Waals surface area contributed by atoms with Crippen LogP contribution in [0.4, 0.5) is 15.4 Å². The van der Waals surface area contributed by atoms with E-state index in [9.17, 15) is 14.4 Å². The van der Waals surface area contributed by atoms with Crippen LogP contribution < -0.4 is 14.8 Å². The first kappa shape index (κ1) is 46.7. The summed E-state index contributed by atoms with van der Waals surface area (Å²) in [5.41, 5.74) is 2.94. The molecule has 16 heteroatoms. The standard InChI is InChI=1S/C27H39ClN4O5.C16H19ClN2O3/c1-18(2)16-35-23-8-7-22(28)14-21(23)15-32-19(3)13-24(30-32)29-25(33)36-17-20-9-11-31(12-10-20)26(34)37-27(4,5)6;1-10(2)9-22-15-5-4-13(17)7-12(15)8-19-11(3)6-14(18-19)16(20)21/h7-8,13-14,18,20H,9-12,15-17H2,1-6H3,(H,29,30,33);4-7,10H,8-9H2,1-3H3,(H,20,21). The van der Waals surface area contributed by atoms with E-state index in [4.69, 9.17) is 47.3 Å². The Morgan fingerprint density at radius 3 is 1.80 bits per heavy atom. The van der Waals surface area contributed by atoms with Crippen LogP contribution in [0, 0.1) is 31.6 Å². The van der Waals surface area contributed by atoms with E-state index in [-0.39, 0.29) is 24.3 Å². The largest absolute Gasteiger partial charge is 0.493 e. The Kier molecular flexibility index (Phi) is 16.9. The van der Waals surface area contributed by atoms with Crippen LogP contribution >= 0.6 is 23.2 Å². The van der Waals surface area contributed by atoms with Gasteiger partial charge in [0.25, 0.3) is 0 Å². The second-order valence-electron chi connectivity index (χ2n) is 16.5. The molecular formula is C43H58Cl2N6O8. The summed E-state index contributed by atoms with van der Waals surface area (Å²) in [4.78, 5) is 37.3. The SMILES string of the molecule is Cc1cc(C(=O)O)nn1Cc1cc(Cl)ccc1OCC(C)C.Cc1cc(NC(=O)OCC2CCN(C(=O)OC(C)(C)C)CC2)nn1Cc1cc(Cl)ccc1OCC(C)C. The fourth-order valence-corrected chi connectivity index (χ4v) is 6.30. The predicted octanol–water partition coefficient (Wildman–Crippen LogP) is 9.75. The number of anilines is 1. The number of benzene rings is 2. The maximum Gasteiger partial charge on any atom is 0.412 e. The van der Waals surface area contributed by atoms with Crippen LogP contribution in [0.15, 0.2) is 48.5 Å². The molecule has 0 aliphatic carbocycles. The highest BCUT2D eigenvalue weighted by Gasteiger charge is 2.27. The summed E-state index contributed by atoms with van der Waals surface area (Å²) in [5.74, 6) is 1.88. The fraction of sp³-hybridized carbons (Fsp3) is 0.512. The number of carboxylic acids is 1. The molecule has 59 heavy (non-hydrogen) atoms. The fourth-order valence-electron chi connectivity index (χ4n) is 5.91. The van der Waals surface area contributed by atoms with E-state index >= 15 is 0 Å². The quantitative estimate of drug-likeness (QED) is 0.125. The normalized spacial score (nSPS) is 13.2. The molecule has 0 saturated carbocycles. The average Bonchev–Trinajstić information content (AvgIpc) is 3.69. The molecule has 0 spiro atoms. The van der Waals surface area contributed by atoms with Gasteiger partial charge in [-0.25, -0.2) is 14.4 Å². The van der Waals surface area contributed by atoms with Crippen LogP contribution in [0.1, 0.15) is 94.3 Å². The summed E-state index contributed by atoms with van der Waals surface area (Å²) in [6.45, 7) is 21.2. The summed E-state index contributed by atoms with van der Waals surface area (Å²) in [6, 6.07) is 14.3. The summed E-state index contributed by atoms with van der Waals surface area (Å²) in [6.07, 6.45) is 0.650. The minimum Gasteiger partial charge on any atom is -0.493 e. The molecule has 1 saturated heterocycles. The number of hydrogen-bond donors (Lipinski definition) is 2. The highest BCUT2D eigenvalue weighted by atomic mass is 35.5. The smallest absolute Gasteiger partial charge is 0.412 e. The highest BCUT2D eigenvalue weighted by Crippen LogP contribution is 2.27. The third-order valence-corrected chi connectivity index (χ3v) is 9.43. The van der Waals surface area contributed by atoms with E-state index in [2.05, 4.69) is 43.2 Å². The minimum atomic E-state index is -1.04. The molecule has 2 amide bonds. The van der Waals surface area contributed by atoms with Gasteiger partial charge in [0.2, 0.25) is 0 Å². The zero-order valence-electron chi connectivity index (χ0n) is 35.5. The molecule has 1 fully saturated rings. The van der Waals surface area contributed by atoms with Crippen molar-refractivity contribution in [2.75, 3.05) is 38.2 Å². The third kappa shape index (κ3) is 15.3. The number of carbonyl (C=O) groups excluding carboxylic acids is 2. The number of aromatic nitrogens is 4. The number of hydrogen-bond acceptors (Lipinski definition) is 9. The van der Waals surface area contributed by atoms with Gasteiger partial charge in [0.15, 0.2) is 11.5 Å². The van der Waals surface area contributed by atoms with Gasteiger partial charge >= 0.3 is 18.2 Å². The number of nitrogens with zero attached hydrogens (tertiary/aromatic N) is 5. The molecule has 0 unspecified atom stereocenters. The average molecular weight is 858 g/mol. The number of aryl methyl sites for hydroxylation is 2. The van der Waals surface area contributed by atoms with E-state index in [0.29, 0.717) is 67.1 Å². The lowest BCUT2D eigenvalue weighted by atomic mass is 9.98. The molecule has 4 aromatic rings. The molecule has 5 rings (SSSR count). The van der Waals surface area contributed by atoms with E-state index in [1.54, 1.807) is 38.5 Å². The summed E-state index contributed by atoms with van der Waals surface area (Å²) < 4.78 is 26.1. The van der Waals surface area contributed by atoms with Gasteiger partial charge in [0.1, 0.15) is 17.1 Å². The number of carboxylic acid groups (broad SMARTS) is 1. The third-order valence-electron chi connectivity index (χ3n) is 8.96. The topological polar surface area (TPSA) is 159 Å². The molecule has 3 heterocycles. The number of halogens is 2. The first-order valence-electron chi connectivity index (χ1n) is 19.8. The van der Waals surface area contributed by atoms with Crippen LogP contribution in [-0.2, 0) is 22.6 Å². The lowest BCUT2D eigenvalue weighted by molar-refractivity contribution is 0.0152. The molecule has 1 aliphatic rings. The molecule has 0 radical (unpaired) electrons. The number of ether oxygens (including phenoxy) is 4. The zero-order chi connectivity index (χ0) is 43.4. The summed E-state index contributed by atoms with van der Waals surface area (Å²) >= 11 is 12.3. The first-order chi connectivity index (χ1) is 27.8. The van der Waals surface area contributed by atoms with E-state index < -0.39 is 17.7 Å². The highest BCUT2D eigenvalue weighted by molar-refractivity contribution is 6.31. The van der Waals surface area contributed by atoms with Crippen molar-refractivity contribution in [3.8, 4) is 11.5 Å². The van der Waals surface area contributed by atoms with Gasteiger partial charge in [0, 0.05) is 51.7 Å². The molecule has 0 atom stereocenters. The van der Waals surface area contributed by atoms with Crippen LogP contribution in [0.25, 0.3) is 0 Å². The van der Waals surface area contributed by atoms with Gasteiger partial charge < -0.3 is 29.0 Å². The Bertz CT molecular complexity index is 2030. The van der Waals surface area contributed by atoms with Crippen molar-refractivity contribution in [1.29, 1.82) is 0 Å². The zero-order valence-corrected chi connectivity index (χ0v) is 37.0. The lowest BCUT2D eigenvalue weighted by Crippen LogP contribution is -2.42. The molecule has 2 N–H and O–H groups in total. The van der Waals surface area contributed by atoms with Crippen molar-refractivity contribution in [3.63, 3.8) is 0 Å². The monoisotopic (exact) mass is 856 g/mol. The van der Waals surface area contributed by atoms with Crippen LogP contribution in [0.5, 0.6) is 11.5 Å². The maximum absolute atomic E-state index is 12.4. The Balaban J connectivity index is 0.000000297. The van der Waals surface area contributed by atoms with Crippen LogP contribution in [-0.4, -0.2) is 86.2 Å². The van der Waals surface area contributed by atoms with Gasteiger partial charge in [-0.3, -0.25) is 14.7 Å². The number of aromatic carboxylic acids is 1. The van der Waals surface area contributed by atoms with E-state index in [1.807, 2.05) is 58.9 Å². The number of piperidine rings is 1. The summed E-state index contributed by atoms with van der Waals surface area (Å²) in [5, 5.41) is 21.6. The molecule has 2 aromatic carbocycles. The maximum atomic E-state index is 12.4. The van der Waals surface area contributed by atoms with Crippen molar-refractivity contribution >= 4 is 47.2 Å². The van der Waals surface area contributed by atoms with Crippen molar-refractivity contribution < 1.29 is 38.4 Å². The van der Waals surface area contributed by atoms with Gasteiger partial charge in [-0.1, -0.05) is 50.9 Å². The Morgan fingerprint density at radius 1 is 0.814 bits per heavy atom. The molecule has 1 aliphatic heterocycles. The Labute approximate surface area is 357 Å². The number of carbonyl (C=O) groups is 3.